The first-order valence-corrected chi connectivity index (χ1v) is 5.70. The Kier molecular flexibility index (Phi) is 5.50. The highest BCUT2D eigenvalue weighted by Gasteiger charge is 2.16. The smallest absolute Gasteiger partial charge is 0.344 e. The third-order valence-electron chi connectivity index (χ3n) is 1.93. The largest absolute Gasteiger partial charge is 0.493 e. The number of carbonyl (C=O) groups excluding carboxylic acids is 1. The van der Waals surface area contributed by atoms with Crippen LogP contribution in [-0.2, 0) is 4.79 Å². The standard InChI is InChI=1S/C12H9Cl2NO3/c1-17-10-7-8(3-2-6-15)4-5-9(10)18-12(16)11(13)14/h2-5,7,11H,1H3/b3-2-. The van der Waals surface area contributed by atoms with E-state index < -0.39 is 10.8 Å². The number of benzene rings is 1. The highest BCUT2D eigenvalue weighted by Crippen LogP contribution is 2.29. The van der Waals surface area contributed by atoms with Crippen LogP contribution in [0.4, 0.5) is 0 Å². The van der Waals surface area contributed by atoms with Crippen LogP contribution < -0.4 is 9.47 Å². The zero-order valence-electron chi connectivity index (χ0n) is 9.39. The molecule has 0 N–H and O–H groups in total. The predicted octanol–water partition coefficient (Wildman–Crippen LogP) is 2.94. The molecule has 0 bridgehead atoms. The second-order valence-corrected chi connectivity index (χ2v) is 4.19. The normalized spacial score (nSPS) is 10.4. The van der Waals surface area contributed by atoms with Crippen molar-refractivity contribution in [3.05, 3.63) is 29.8 Å². The third-order valence-corrected chi connectivity index (χ3v) is 2.28. The number of carbonyl (C=O) groups is 1. The van der Waals surface area contributed by atoms with Gasteiger partial charge in [0, 0.05) is 6.08 Å². The van der Waals surface area contributed by atoms with Crippen molar-refractivity contribution in [1.29, 1.82) is 5.26 Å². The van der Waals surface area contributed by atoms with E-state index in [4.69, 9.17) is 37.9 Å². The van der Waals surface area contributed by atoms with Gasteiger partial charge in [0.15, 0.2) is 11.5 Å². The van der Waals surface area contributed by atoms with Crippen molar-refractivity contribution in [3.63, 3.8) is 0 Å². The zero-order chi connectivity index (χ0) is 13.5. The molecule has 0 saturated carbocycles. The topological polar surface area (TPSA) is 59.3 Å². The number of hydrogen-bond donors (Lipinski definition) is 0. The van der Waals surface area contributed by atoms with Gasteiger partial charge in [-0.2, -0.15) is 5.26 Å². The lowest BCUT2D eigenvalue weighted by atomic mass is 10.2. The molecule has 0 aliphatic carbocycles. The maximum absolute atomic E-state index is 11.2. The van der Waals surface area contributed by atoms with Gasteiger partial charge < -0.3 is 9.47 Å². The summed E-state index contributed by atoms with van der Waals surface area (Å²) in [4.78, 5) is 9.98. The van der Waals surface area contributed by atoms with Crippen LogP contribution in [0.3, 0.4) is 0 Å². The molecule has 94 valence electrons. The van der Waals surface area contributed by atoms with E-state index in [2.05, 4.69) is 0 Å². The Labute approximate surface area is 114 Å². The van der Waals surface area contributed by atoms with Crippen molar-refractivity contribution in [1.82, 2.24) is 0 Å². The molecule has 0 spiro atoms. The van der Waals surface area contributed by atoms with Crippen LogP contribution in [0, 0.1) is 11.3 Å². The fourth-order valence-electron chi connectivity index (χ4n) is 1.16. The molecular formula is C12H9Cl2NO3. The van der Waals surface area contributed by atoms with E-state index in [0.717, 1.165) is 5.56 Å². The minimum atomic E-state index is -1.26. The maximum Gasteiger partial charge on any atom is 0.344 e. The second kappa shape index (κ2) is 6.90. The van der Waals surface area contributed by atoms with Crippen LogP contribution >= 0.6 is 23.2 Å². The summed E-state index contributed by atoms with van der Waals surface area (Å²) in [5.74, 6) is -0.225. The fourth-order valence-corrected chi connectivity index (χ4v) is 1.25. The van der Waals surface area contributed by atoms with Crippen molar-refractivity contribution in [2.75, 3.05) is 7.11 Å². The predicted molar refractivity (Wildman–Crippen MR) is 68.8 cm³/mol. The van der Waals surface area contributed by atoms with Gasteiger partial charge in [0.1, 0.15) is 0 Å². The minimum Gasteiger partial charge on any atom is -0.493 e. The number of nitrogens with zero attached hydrogens (tertiary/aromatic N) is 1. The number of methoxy groups -OCH3 is 1. The van der Waals surface area contributed by atoms with Crippen LogP contribution in [0.5, 0.6) is 11.5 Å². The summed E-state index contributed by atoms with van der Waals surface area (Å²) >= 11 is 10.8. The van der Waals surface area contributed by atoms with Crippen LogP contribution in [0.2, 0.25) is 0 Å². The summed E-state index contributed by atoms with van der Waals surface area (Å²) in [6.07, 6.45) is 2.92. The monoisotopic (exact) mass is 285 g/mol. The van der Waals surface area contributed by atoms with Gasteiger partial charge in [-0.05, 0) is 23.8 Å². The summed E-state index contributed by atoms with van der Waals surface area (Å²) in [5.41, 5.74) is 0.737. The Hall–Kier alpha value is -1.70. The fraction of sp³-hybridized carbons (Fsp3) is 0.167. The number of ether oxygens (including phenoxy) is 2. The quantitative estimate of drug-likeness (QED) is 0.369. The molecule has 1 aromatic rings. The third kappa shape index (κ3) is 3.95. The lowest BCUT2D eigenvalue weighted by Gasteiger charge is -2.10. The van der Waals surface area contributed by atoms with Crippen molar-refractivity contribution >= 4 is 35.2 Å². The van der Waals surface area contributed by atoms with Gasteiger partial charge in [0.25, 0.3) is 0 Å². The molecule has 18 heavy (non-hydrogen) atoms. The van der Waals surface area contributed by atoms with Gasteiger partial charge in [-0.3, -0.25) is 0 Å². The zero-order valence-corrected chi connectivity index (χ0v) is 10.9. The molecule has 1 rings (SSSR count). The molecule has 0 aliphatic heterocycles. The molecule has 0 radical (unpaired) electrons. The van der Waals surface area contributed by atoms with Crippen molar-refractivity contribution in [2.24, 2.45) is 0 Å². The summed E-state index contributed by atoms with van der Waals surface area (Å²) in [5, 5.41) is 8.42. The summed E-state index contributed by atoms with van der Waals surface area (Å²) in [7, 11) is 1.43. The molecule has 0 heterocycles. The molecule has 6 heteroatoms. The van der Waals surface area contributed by atoms with Gasteiger partial charge in [0.05, 0.1) is 13.2 Å². The summed E-state index contributed by atoms with van der Waals surface area (Å²) < 4.78 is 10.0. The number of hydrogen-bond acceptors (Lipinski definition) is 4. The van der Waals surface area contributed by atoms with E-state index in [9.17, 15) is 4.79 Å². The van der Waals surface area contributed by atoms with Gasteiger partial charge in [-0.1, -0.05) is 29.3 Å². The Balaban J connectivity index is 2.97. The first-order chi connectivity index (χ1) is 8.58. The van der Waals surface area contributed by atoms with Crippen LogP contribution in [-0.4, -0.2) is 17.9 Å². The number of halogens is 2. The SMILES string of the molecule is COc1cc(/C=C\C#N)ccc1OC(=O)C(Cl)Cl. The average Bonchev–Trinajstić information content (AvgIpc) is 2.37. The molecular weight excluding hydrogens is 277 g/mol. The van der Waals surface area contributed by atoms with E-state index in [-0.39, 0.29) is 5.75 Å². The van der Waals surface area contributed by atoms with Crippen molar-refractivity contribution < 1.29 is 14.3 Å². The molecule has 0 atom stereocenters. The van der Waals surface area contributed by atoms with Gasteiger partial charge >= 0.3 is 5.97 Å². The first kappa shape index (κ1) is 14.4. The van der Waals surface area contributed by atoms with E-state index in [1.54, 1.807) is 18.2 Å². The number of allylic oxidation sites excluding steroid dienone is 1. The number of alkyl halides is 2. The van der Waals surface area contributed by atoms with E-state index in [1.807, 2.05) is 6.07 Å². The Morgan fingerprint density at radius 1 is 1.44 bits per heavy atom. The molecule has 0 saturated heterocycles. The minimum absolute atomic E-state index is 0.211. The maximum atomic E-state index is 11.2. The van der Waals surface area contributed by atoms with Crippen LogP contribution in [0.15, 0.2) is 24.3 Å². The molecule has 0 amide bonds. The first-order valence-electron chi connectivity index (χ1n) is 4.82. The van der Waals surface area contributed by atoms with E-state index in [1.165, 1.54) is 19.3 Å². The van der Waals surface area contributed by atoms with Crippen molar-refractivity contribution in [3.8, 4) is 17.6 Å². The van der Waals surface area contributed by atoms with Crippen LogP contribution in [0.25, 0.3) is 6.08 Å². The summed E-state index contributed by atoms with van der Waals surface area (Å²) in [6, 6.07) is 6.69. The summed E-state index contributed by atoms with van der Waals surface area (Å²) in [6.45, 7) is 0. The molecule has 1 aromatic carbocycles. The Morgan fingerprint density at radius 3 is 2.72 bits per heavy atom. The molecule has 0 aromatic heterocycles. The molecule has 0 unspecified atom stereocenters. The Bertz CT molecular complexity index is 507. The van der Waals surface area contributed by atoms with E-state index >= 15 is 0 Å². The average molecular weight is 286 g/mol. The highest BCUT2D eigenvalue weighted by molar-refractivity contribution is 6.53. The van der Waals surface area contributed by atoms with Crippen LogP contribution in [0.1, 0.15) is 5.56 Å². The number of nitriles is 1. The molecule has 0 fully saturated rings. The lowest BCUT2D eigenvalue weighted by molar-refractivity contribution is -0.132. The van der Waals surface area contributed by atoms with Gasteiger partial charge in [-0.25, -0.2) is 4.79 Å². The Morgan fingerprint density at radius 2 is 2.17 bits per heavy atom. The second-order valence-electron chi connectivity index (χ2n) is 3.09. The molecule has 4 nitrogen and oxygen atoms in total. The lowest BCUT2D eigenvalue weighted by Crippen LogP contribution is -2.16. The highest BCUT2D eigenvalue weighted by atomic mass is 35.5. The van der Waals surface area contributed by atoms with Crippen molar-refractivity contribution in [2.45, 2.75) is 4.84 Å². The number of rotatable bonds is 4. The number of esters is 1. The van der Waals surface area contributed by atoms with Gasteiger partial charge in [-0.15, -0.1) is 0 Å². The van der Waals surface area contributed by atoms with Gasteiger partial charge in [0.2, 0.25) is 4.84 Å². The molecule has 0 aliphatic rings. The van der Waals surface area contributed by atoms with E-state index in [0.29, 0.717) is 5.75 Å².